The summed E-state index contributed by atoms with van der Waals surface area (Å²) in [6, 6.07) is 1.87. The van der Waals surface area contributed by atoms with Crippen molar-refractivity contribution in [2.24, 2.45) is 5.92 Å². The van der Waals surface area contributed by atoms with Crippen molar-refractivity contribution < 1.29 is 9.59 Å². The summed E-state index contributed by atoms with van der Waals surface area (Å²) >= 11 is 1.63. The monoisotopic (exact) mass is 250 g/mol. The molecule has 1 aliphatic rings. The number of aryl methyl sites for hydroxylation is 1. The summed E-state index contributed by atoms with van der Waals surface area (Å²) in [5.74, 6) is -0.136. The molecule has 92 valence electrons. The third-order valence-electron chi connectivity index (χ3n) is 3.40. The zero-order valence-corrected chi connectivity index (χ0v) is 11.0. The van der Waals surface area contributed by atoms with Crippen LogP contribution in [0.2, 0.25) is 0 Å². The van der Waals surface area contributed by atoms with E-state index in [9.17, 15) is 9.59 Å². The van der Waals surface area contributed by atoms with Gasteiger partial charge < -0.3 is 0 Å². The number of Topliss-reactive ketones (excluding diaryl/α,β-unsaturated/α-hetero) is 2. The van der Waals surface area contributed by atoms with Crippen molar-refractivity contribution in [2.45, 2.75) is 45.4 Å². The van der Waals surface area contributed by atoms with Crippen molar-refractivity contribution >= 4 is 22.9 Å². The summed E-state index contributed by atoms with van der Waals surface area (Å²) in [6.07, 6.45) is 5.30. The molecule has 1 unspecified atom stereocenters. The lowest BCUT2D eigenvalue weighted by Crippen LogP contribution is -2.28. The quantitative estimate of drug-likeness (QED) is 0.590. The molecule has 0 saturated heterocycles. The van der Waals surface area contributed by atoms with Crippen molar-refractivity contribution in [2.75, 3.05) is 0 Å². The number of fused-ring (bicyclic) bond motifs is 1. The molecule has 2 rings (SSSR count). The van der Waals surface area contributed by atoms with Gasteiger partial charge in [-0.15, -0.1) is 11.3 Å². The van der Waals surface area contributed by atoms with Crippen molar-refractivity contribution in [1.82, 2.24) is 0 Å². The van der Waals surface area contributed by atoms with E-state index >= 15 is 0 Å². The van der Waals surface area contributed by atoms with Gasteiger partial charge in [-0.2, -0.15) is 0 Å². The molecule has 0 saturated carbocycles. The molecule has 17 heavy (non-hydrogen) atoms. The lowest BCUT2D eigenvalue weighted by atomic mass is 9.83. The minimum Gasteiger partial charge on any atom is -0.299 e. The molecule has 0 fully saturated rings. The zero-order chi connectivity index (χ0) is 12.3. The van der Waals surface area contributed by atoms with Gasteiger partial charge in [-0.05, 0) is 30.7 Å². The Labute approximate surface area is 106 Å². The predicted octanol–water partition coefficient (Wildman–Crippen LogP) is 3.64. The summed E-state index contributed by atoms with van der Waals surface area (Å²) in [4.78, 5) is 25.3. The Morgan fingerprint density at radius 1 is 1.47 bits per heavy atom. The fraction of sp³-hybridized carbons (Fsp3) is 0.571. The second kappa shape index (κ2) is 5.58. The Hall–Kier alpha value is -0.960. The topological polar surface area (TPSA) is 34.1 Å². The second-order valence-corrected chi connectivity index (χ2v) is 5.64. The van der Waals surface area contributed by atoms with Crippen LogP contribution < -0.4 is 0 Å². The number of hydrogen-bond acceptors (Lipinski definition) is 3. The molecular weight excluding hydrogens is 232 g/mol. The number of unbranched alkanes of at least 4 members (excludes halogenated alkanes) is 2. The van der Waals surface area contributed by atoms with E-state index in [1.165, 1.54) is 0 Å². The van der Waals surface area contributed by atoms with Gasteiger partial charge >= 0.3 is 0 Å². The van der Waals surface area contributed by atoms with E-state index < -0.39 is 0 Å². The van der Waals surface area contributed by atoms with Gasteiger partial charge in [0, 0.05) is 16.9 Å². The van der Waals surface area contributed by atoms with Crippen LogP contribution >= 0.6 is 11.3 Å². The molecule has 0 amide bonds. The molecule has 1 aromatic rings. The predicted molar refractivity (Wildman–Crippen MR) is 69.6 cm³/mol. The Morgan fingerprint density at radius 2 is 2.29 bits per heavy atom. The first-order valence-electron chi connectivity index (χ1n) is 6.37. The highest BCUT2D eigenvalue weighted by molar-refractivity contribution is 7.10. The van der Waals surface area contributed by atoms with E-state index in [-0.39, 0.29) is 17.5 Å². The largest absolute Gasteiger partial charge is 0.299 e. The van der Waals surface area contributed by atoms with E-state index in [1.54, 1.807) is 11.3 Å². The van der Waals surface area contributed by atoms with Gasteiger partial charge in [0.25, 0.3) is 0 Å². The Kier molecular flexibility index (Phi) is 4.11. The summed E-state index contributed by atoms with van der Waals surface area (Å²) < 4.78 is 0. The highest BCUT2D eigenvalue weighted by atomic mass is 32.1. The number of carbonyl (C=O) groups excluding carboxylic acids is 2. The third kappa shape index (κ3) is 2.65. The highest BCUT2D eigenvalue weighted by Crippen LogP contribution is 2.30. The third-order valence-corrected chi connectivity index (χ3v) is 4.38. The summed E-state index contributed by atoms with van der Waals surface area (Å²) in [5.41, 5.74) is 0.801. The van der Waals surface area contributed by atoms with Gasteiger partial charge in [0.2, 0.25) is 0 Å². The first-order chi connectivity index (χ1) is 8.24. The van der Waals surface area contributed by atoms with Crippen LogP contribution in [0.5, 0.6) is 0 Å². The average Bonchev–Trinajstić information content (AvgIpc) is 2.78. The molecule has 0 bridgehead atoms. The van der Waals surface area contributed by atoms with Gasteiger partial charge in [0.1, 0.15) is 5.78 Å². The van der Waals surface area contributed by atoms with Gasteiger partial charge in [-0.25, -0.2) is 0 Å². The molecule has 3 heteroatoms. The van der Waals surface area contributed by atoms with E-state index in [2.05, 4.69) is 6.92 Å². The maximum Gasteiger partial charge on any atom is 0.174 e. The van der Waals surface area contributed by atoms with Crippen molar-refractivity contribution in [3.05, 3.63) is 21.9 Å². The van der Waals surface area contributed by atoms with Gasteiger partial charge in [-0.1, -0.05) is 19.8 Å². The average molecular weight is 250 g/mol. The van der Waals surface area contributed by atoms with Crippen LogP contribution in [-0.4, -0.2) is 11.6 Å². The molecule has 1 atom stereocenters. The molecule has 1 aliphatic carbocycles. The van der Waals surface area contributed by atoms with Crippen LogP contribution in [0.3, 0.4) is 0 Å². The SMILES string of the molecule is CCCCCC(=O)C1CCc2sccc2C1=O. The van der Waals surface area contributed by atoms with Crippen molar-refractivity contribution in [3.8, 4) is 0 Å². The number of hydrogen-bond donors (Lipinski definition) is 0. The minimum atomic E-state index is -0.353. The minimum absolute atomic E-state index is 0.0639. The first kappa shape index (κ1) is 12.5. The molecule has 0 radical (unpaired) electrons. The van der Waals surface area contributed by atoms with Crippen LogP contribution in [0.25, 0.3) is 0 Å². The molecular formula is C14H18O2S. The number of carbonyl (C=O) groups is 2. The Morgan fingerprint density at radius 3 is 3.06 bits per heavy atom. The van der Waals surface area contributed by atoms with Gasteiger partial charge in [0.05, 0.1) is 5.92 Å². The molecule has 0 spiro atoms. The van der Waals surface area contributed by atoms with Crippen LogP contribution in [-0.2, 0) is 11.2 Å². The highest BCUT2D eigenvalue weighted by Gasteiger charge is 2.32. The summed E-state index contributed by atoms with van der Waals surface area (Å²) in [5, 5.41) is 1.95. The number of rotatable bonds is 5. The Bertz CT molecular complexity index is 420. The van der Waals surface area contributed by atoms with Gasteiger partial charge in [0.15, 0.2) is 5.78 Å². The normalized spacial score (nSPS) is 19.1. The maximum absolute atomic E-state index is 12.1. The summed E-state index contributed by atoms with van der Waals surface area (Å²) in [6.45, 7) is 2.12. The van der Waals surface area contributed by atoms with E-state index in [0.717, 1.165) is 42.5 Å². The maximum atomic E-state index is 12.1. The molecule has 1 heterocycles. The Balaban J connectivity index is 2.00. The fourth-order valence-corrected chi connectivity index (χ4v) is 3.28. The number of thiophene rings is 1. The first-order valence-corrected chi connectivity index (χ1v) is 7.25. The van der Waals surface area contributed by atoms with Crippen molar-refractivity contribution in [3.63, 3.8) is 0 Å². The smallest absolute Gasteiger partial charge is 0.174 e. The zero-order valence-electron chi connectivity index (χ0n) is 10.2. The second-order valence-electron chi connectivity index (χ2n) is 4.64. The summed E-state index contributed by atoms with van der Waals surface area (Å²) in [7, 11) is 0. The molecule has 0 aliphatic heterocycles. The fourth-order valence-electron chi connectivity index (χ4n) is 2.38. The lowest BCUT2D eigenvalue weighted by Gasteiger charge is -2.19. The lowest BCUT2D eigenvalue weighted by molar-refractivity contribution is -0.121. The molecule has 0 N–H and O–H groups in total. The van der Waals surface area contributed by atoms with Crippen LogP contribution in [0.4, 0.5) is 0 Å². The van der Waals surface area contributed by atoms with Crippen LogP contribution in [0.15, 0.2) is 11.4 Å². The molecule has 2 nitrogen and oxygen atoms in total. The van der Waals surface area contributed by atoms with Crippen LogP contribution in [0, 0.1) is 5.92 Å². The van der Waals surface area contributed by atoms with Gasteiger partial charge in [-0.3, -0.25) is 9.59 Å². The van der Waals surface area contributed by atoms with E-state index in [1.807, 2.05) is 11.4 Å². The molecule has 1 aromatic heterocycles. The van der Waals surface area contributed by atoms with Crippen LogP contribution in [0.1, 0.15) is 54.3 Å². The van der Waals surface area contributed by atoms with E-state index in [4.69, 9.17) is 0 Å². The number of ketones is 2. The van der Waals surface area contributed by atoms with E-state index in [0.29, 0.717) is 6.42 Å². The van der Waals surface area contributed by atoms with Crippen molar-refractivity contribution in [1.29, 1.82) is 0 Å². The molecule has 0 aromatic carbocycles. The standard InChI is InChI=1S/C14H18O2S/c1-2-3-4-5-12(15)10-6-7-13-11(14(10)16)8-9-17-13/h8-10H,2-7H2,1H3.